The van der Waals surface area contributed by atoms with Crippen LogP contribution >= 0.6 is 0 Å². The van der Waals surface area contributed by atoms with Gasteiger partial charge in [-0.05, 0) is 62.9 Å². The molecule has 1 spiro atoms. The molecule has 4 nitrogen and oxygen atoms in total. The summed E-state index contributed by atoms with van der Waals surface area (Å²) in [6.07, 6.45) is 5.66. The van der Waals surface area contributed by atoms with E-state index in [-0.39, 0.29) is 11.5 Å². The number of methoxy groups -OCH3 is 1. The fraction of sp³-hybridized carbons (Fsp3) is 0.947. The number of hydrogen-bond acceptors (Lipinski definition) is 4. The highest BCUT2D eigenvalue weighted by molar-refractivity contribution is 5.87. The zero-order chi connectivity index (χ0) is 16.2. The zero-order valence-corrected chi connectivity index (χ0v) is 14.8. The Hall–Kier alpha value is -0.450. The Bertz CT molecular complexity index is 481. The van der Waals surface area contributed by atoms with Crippen molar-refractivity contribution in [3.8, 4) is 0 Å². The number of carbonyl (C=O) groups excluding carboxylic acids is 1. The third kappa shape index (κ3) is 2.32. The molecule has 3 aliphatic carbocycles. The van der Waals surface area contributed by atoms with Crippen molar-refractivity contribution in [3.63, 3.8) is 0 Å². The molecule has 4 rings (SSSR count). The monoisotopic (exact) mass is 321 g/mol. The molecule has 0 radical (unpaired) electrons. The number of rotatable bonds is 3. The second kappa shape index (κ2) is 5.82. The van der Waals surface area contributed by atoms with Gasteiger partial charge in [-0.25, -0.2) is 0 Å². The van der Waals surface area contributed by atoms with Gasteiger partial charge in [0.1, 0.15) is 12.6 Å². The number of likely N-dealkylation sites (tertiary alicyclic amines) is 1. The predicted octanol–water partition coefficient (Wildman–Crippen LogP) is 2.57. The van der Waals surface area contributed by atoms with Crippen LogP contribution in [-0.4, -0.2) is 50.8 Å². The first kappa shape index (κ1) is 16.0. The summed E-state index contributed by atoms with van der Waals surface area (Å²) in [5.41, 5.74) is -0.0641. The van der Waals surface area contributed by atoms with Crippen LogP contribution in [0.2, 0.25) is 0 Å². The van der Waals surface area contributed by atoms with E-state index >= 15 is 0 Å². The lowest BCUT2D eigenvalue weighted by atomic mass is 9.61. The summed E-state index contributed by atoms with van der Waals surface area (Å²) in [6.45, 7) is 4.94. The minimum absolute atomic E-state index is 0.0641. The van der Waals surface area contributed by atoms with Crippen molar-refractivity contribution >= 4 is 5.78 Å². The molecule has 7 atom stereocenters. The van der Waals surface area contributed by atoms with E-state index in [0.717, 1.165) is 25.8 Å². The molecule has 23 heavy (non-hydrogen) atoms. The Morgan fingerprint density at radius 3 is 2.96 bits per heavy atom. The minimum atomic E-state index is -0.0641. The number of Topliss-reactive ketones (excluding diaryl/α,β-unsaturated/α-hetero) is 1. The first-order chi connectivity index (χ1) is 11.1. The van der Waals surface area contributed by atoms with Crippen LogP contribution in [0.3, 0.4) is 0 Å². The molecule has 0 N–H and O–H groups in total. The first-order valence-corrected chi connectivity index (χ1v) is 9.38. The maximum absolute atomic E-state index is 13.2. The molecule has 4 aliphatic rings. The van der Waals surface area contributed by atoms with Crippen LogP contribution in [-0.2, 0) is 14.3 Å². The van der Waals surface area contributed by atoms with Crippen molar-refractivity contribution in [2.24, 2.45) is 35.0 Å². The highest BCUT2D eigenvalue weighted by Gasteiger charge is 2.68. The highest BCUT2D eigenvalue weighted by Crippen LogP contribution is 2.67. The fourth-order valence-corrected chi connectivity index (χ4v) is 6.79. The molecule has 4 fully saturated rings. The lowest BCUT2D eigenvalue weighted by Gasteiger charge is -2.41. The van der Waals surface area contributed by atoms with E-state index in [1.807, 2.05) is 0 Å². The van der Waals surface area contributed by atoms with Gasteiger partial charge in [0.25, 0.3) is 0 Å². The number of nitrogens with zero attached hydrogens (tertiary/aromatic N) is 1. The summed E-state index contributed by atoms with van der Waals surface area (Å²) in [5.74, 6) is 3.46. The Morgan fingerprint density at radius 1 is 1.35 bits per heavy atom. The normalized spacial score (nSPS) is 49.8. The maximum atomic E-state index is 13.2. The average Bonchev–Trinajstić information content (AvgIpc) is 2.98. The summed E-state index contributed by atoms with van der Waals surface area (Å²) < 4.78 is 11.3. The summed E-state index contributed by atoms with van der Waals surface area (Å²) >= 11 is 0. The van der Waals surface area contributed by atoms with Crippen LogP contribution in [0.15, 0.2) is 0 Å². The second-order valence-electron chi connectivity index (χ2n) is 8.76. The average molecular weight is 321 g/mol. The Morgan fingerprint density at radius 2 is 2.17 bits per heavy atom. The van der Waals surface area contributed by atoms with E-state index in [0.29, 0.717) is 42.2 Å². The molecule has 0 aromatic carbocycles. The standard InChI is InChI=1S/C19H31NO3/c1-12-6-14-8-16(23-11-22-3)18-15-4-5-20(2)10-13(15)9-19(14,18)17(21)7-12/h12-16,18H,4-11H2,1-3H3/t12-,13-,14+,15+,16-,18+,19-/m1/s1. The Balaban J connectivity index is 1.68. The summed E-state index contributed by atoms with van der Waals surface area (Å²) in [6, 6.07) is 0. The lowest BCUT2D eigenvalue weighted by molar-refractivity contribution is -0.141. The molecule has 0 unspecified atom stereocenters. The number of piperidine rings is 1. The van der Waals surface area contributed by atoms with Gasteiger partial charge in [0.15, 0.2) is 0 Å². The van der Waals surface area contributed by atoms with Crippen LogP contribution < -0.4 is 0 Å². The molecule has 1 heterocycles. The van der Waals surface area contributed by atoms with Crippen LogP contribution in [0.25, 0.3) is 0 Å². The van der Waals surface area contributed by atoms with Crippen molar-refractivity contribution in [2.45, 2.75) is 45.1 Å². The van der Waals surface area contributed by atoms with Crippen LogP contribution in [0, 0.1) is 35.0 Å². The number of ether oxygens (including phenoxy) is 2. The third-order valence-corrected chi connectivity index (χ3v) is 7.44. The van der Waals surface area contributed by atoms with Crippen LogP contribution in [0.1, 0.15) is 39.0 Å². The van der Waals surface area contributed by atoms with Crippen LogP contribution in [0.5, 0.6) is 0 Å². The lowest BCUT2D eigenvalue weighted by Crippen LogP contribution is -2.44. The first-order valence-electron chi connectivity index (χ1n) is 9.38. The molecular weight excluding hydrogens is 290 g/mol. The summed E-state index contributed by atoms with van der Waals surface area (Å²) in [4.78, 5) is 15.7. The summed E-state index contributed by atoms with van der Waals surface area (Å²) in [7, 11) is 3.92. The topological polar surface area (TPSA) is 38.8 Å². The number of hydrogen-bond donors (Lipinski definition) is 0. The highest BCUT2D eigenvalue weighted by atomic mass is 16.7. The molecule has 4 heteroatoms. The van der Waals surface area contributed by atoms with Crippen molar-refractivity contribution < 1.29 is 14.3 Å². The van der Waals surface area contributed by atoms with Gasteiger partial charge in [-0.1, -0.05) is 6.92 Å². The fourth-order valence-electron chi connectivity index (χ4n) is 6.79. The Labute approximate surface area is 139 Å². The molecule has 0 aromatic heterocycles. The molecule has 0 amide bonds. The second-order valence-corrected chi connectivity index (χ2v) is 8.76. The van der Waals surface area contributed by atoms with Gasteiger partial charge in [0, 0.05) is 31.4 Å². The SMILES string of the molecule is COCO[C@@H]1C[C@@H]2C[C@@H](C)CC(=O)[C@@]23C[C@@H]2CN(C)CC[C@@H]2[C@@H]13. The maximum Gasteiger partial charge on any atom is 0.146 e. The smallest absolute Gasteiger partial charge is 0.146 e. The van der Waals surface area contributed by atoms with E-state index in [1.54, 1.807) is 7.11 Å². The number of ketones is 1. The van der Waals surface area contributed by atoms with Crippen molar-refractivity contribution in [1.29, 1.82) is 0 Å². The van der Waals surface area contributed by atoms with Crippen molar-refractivity contribution in [2.75, 3.05) is 34.0 Å². The summed E-state index contributed by atoms with van der Waals surface area (Å²) in [5, 5.41) is 0. The molecule has 3 saturated carbocycles. The van der Waals surface area contributed by atoms with E-state index in [1.165, 1.54) is 19.4 Å². The molecule has 1 aliphatic heterocycles. The third-order valence-electron chi connectivity index (χ3n) is 7.44. The van der Waals surface area contributed by atoms with Crippen molar-refractivity contribution in [3.05, 3.63) is 0 Å². The van der Waals surface area contributed by atoms with Gasteiger partial charge in [-0.2, -0.15) is 0 Å². The quantitative estimate of drug-likeness (QED) is 0.749. The van der Waals surface area contributed by atoms with E-state index in [2.05, 4.69) is 18.9 Å². The number of fused-ring (bicyclic) bond motifs is 2. The van der Waals surface area contributed by atoms with Gasteiger partial charge in [-0.3, -0.25) is 4.79 Å². The van der Waals surface area contributed by atoms with E-state index < -0.39 is 0 Å². The van der Waals surface area contributed by atoms with Gasteiger partial charge in [0.05, 0.1) is 6.10 Å². The van der Waals surface area contributed by atoms with Gasteiger partial charge < -0.3 is 14.4 Å². The molecule has 130 valence electrons. The zero-order valence-electron chi connectivity index (χ0n) is 14.8. The van der Waals surface area contributed by atoms with Crippen molar-refractivity contribution in [1.82, 2.24) is 4.90 Å². The van der Waals surface area contributed by atoms with Crippen LogP contribution in [0.4, 0.5) is 0 Å². The minimum Gasteiger partial charge on any atom is -0.359 e. The van der Waals surface area contributed by atoms with Gasteiger partial charge in [0.2, 0.25) is 0 Å². The number of carbonyl (C=O) groups is 1. The van der Waals surface area contributed by atoms with Gasteiger partial charge >= 0.3 is 0 Å². The molecule has 0 bridgehead atoms. The predicted molar refractivity (Wildman–Crippen MR) is 87.9 cm³/mol. The largest absolute Gasteiger partial charge is 0.359 e. The van der Waals surface area contributed by atoms with E-state index in [9.17, 15) is 4.79 Å². The molecule has 1 saturated heterocycles. The molecule has 0 aromatic rings. The van der Waals surface area contributed by atoms with E-state index in [4.69, 9.17) is 9.47 Å². The molecular formula is C19H31NO3. The Kier molecular flexibility index (Phi) is 4.06. The van der Waals surface area contributed by atoms with Gasteiger partial charge in [-0.15, -0.1) is 0 Å².